The number of carbonyl (C=O) groups is 1. The Labute approximate surface area is 126 Å². The Bertz CT molecular complexity index is 573. The molecule has 1 N–H and O–H groups in total. The van der Waals surface area contributed by atoms with Crippen LogP contribution < -0.4 is 4.72 Å². The van der Waals surface area contributed by atoms with E-state index in [0.717, 1.165) is 25.9 Å². The highest BCUT2D eigenvalue weighted by Crippen LogP contribution is 2.16. The second-order valence-electron chi connectivity index (χ2n) is 5.29. The maximum absolute atomic E-state index is 12.4. The second-order valence-corrected chi connectivity index (χ2v) is 7.30. The molecular weight excluding hydrogens is 288 g/mol. The van der Waals surface area contributed by atoms with Crippen LogP contribution in [0, 0.1) is 0 Å². The molecule has 6 heteroatoms. The quantitative estimate of drug-likeness (QED) is 0.929. The summed E-state index contributed by atoms with van der Waals surface area (Å²) in [5.41, 5.74) is 1.10. The average molecular weight is 310 g/mol. The van der Waals surface area contributed by atoms with Crippen molar-refractivity contribution in [3.8, 4) is 0 Å². The lowest BCUT2D eigenvalue weighted by Gasteiger charge is -2.20. The van der Waals surface area contributed by atoms with Crippen LogP contribution in [0.15, 0.2) is 24.3 Å². The van der Waals surface area contributed by atoms with Crippen molar-refractivity contribution in [2.24, 2.45) is 0 Å². The van der Waals surface area contributed by atoms with Gasteiger partial charge in [-0.2, -0.15) is 0 Å². The third-order valence-electron chi connectivity index (χ3n) is 3.68. The predicted molar refractivity (Wildman–Crippen MR) is 83.9 cm³/mol. The summed E-state index contributed by atoms with van der Waals surface area (Å²) in [7, 11) is -3.28. The van der Waals surface area contributed by atoms with Crippen LogP contribution in [0.5, 0.6) is 0 Å². The van der Waals surface area contributed by atoms with E-state index in [2.05, 4.69) is 4.72 Å². The lowest BCUT2D eigenvalue weighted by atomic mass is 10.2. The zero-order chi connectivity index (χ0) is 15.3. The summed E-state index contributed by atoms with van der Waals surface area (Å²) in [6, 6.07) is 6.64. The van der Waals surface area contributed by atoms with E-state index >= 15 is 0 Å². The third kappa shape index (κ3) is 4.46. The zero-order valence-corrected chi connectivity index (χ0v) is 13.2. The highest BCUT2D eigenvalue weighted by molar-refractivity contribution is 7.92. The summed E-state index contributed by atoms with van der Waals surface area (Å²) in [5.74, 6) is 0.0587. The molecule has 1 aliphatic rings. The number of anilines is 1. The van der Waals surface area contributed by atoms with E-state index in [9.17, 15) is 13.2 Å². The topological polar surface area (TPSA) is 66.5 Å². The number of likely N-dealkylation sites (tertiary alicyclic amines) is 1. The SMILES string of the molecule is CCS(=O)(=O)Nc1ccc(C(=O)N2CCCCCC2)cc1. The summed E-state index contributed by atoms with van der Waals surface area (Å²) in [6.45, 7) is 3.20. The van der Waals surface area contributed by atoms with Crippen LogP contribution in [-0.2, 0) is 10.0 Å². The molecule has 0 radical (unpaired) electrons. The van der Waals surface area contributed by atoms with Crippen molar-refractivity contribution in [3.63, 3.8) is 0 Å². The van der Waals surface area contributed by atoms with Gasteiger partial charge in [0, 0.05) is 24.3 Å². The van der Waals surface area contributed by atoms with Gasteiger partial charge in [-0.3, -0.25) is 9.52 Å². The molecule has 0 spiro atoms. The number of nitrogens with zero attached hydrogens (tertiary/aromatic N) is 1. The lowest BCUT2D eigenvalue weighted by molar-refractivity contribution is 0.0761. The molecule has 1 aromatic carbocycles. The van der Waals surface area contributed by atoms with Crippen LogP contribution in [0.1, 0.15) is 43.0 Å². The van der Waals surface area contributed by atoms with Gasteiger partial charge in [0.1, 0.15) is 0 Å². The Kier molecular flexibility index (Phi) is 5.22. The van der Waals surface area contributed by atoms with Gasteiger partial charge in [-0.05, 0) is 44.0 Å². The number of carbonyl (C=O) groups excluding carboxylic acids is 1. The summed E-state index contributed by atoms with van der Waals surface area (Å²) >= 11 is 0. The van der Waals surface area contributed by atoms with Gasteiger partial charge < -0.3 is 4.90 Å². The van der Waals surface area contributed by atoms with Crippen LogP contribution in [0.2, 0.25) is 0 Å². The van der Waals surface area contributed by atoms with E-state index in [-0.39, 0.29) is 11.7 Å². The van der Waals surface area contributed by atoms with Crippen molar-refractivity contribution in [2.75, 3.05) is 23.6 Å². The van der Waals surface area contributed by atoms with Crippen molar-refractivity contribution in [1.29, 1.82) is 0 Å². The number of hydrogen-bond acceptors (Lipinski definition) is 3. The van der Waals surface area contributed by atoms with E-state index in [1.54, 1.807) is 31.2 Å². The largest absolute Gasteiger partial charge is 0.339 e. The first-order chi connectivity index (χ1) is 10.0. The van der Waals surface area contributed by atoms with E-state index in [0.29, 0.717) is 11.3 Å². The molecule has 116 valence electrons. The molecule has 0 bridgehead atoms. The van der Waals surface area contributed by atoms with Crippen LogP contribution in [-0.4, -0.2) is 38.1 Å². The molecule has 1 aliphatic heterocycles. The third-order valence-corrected chi connectivity index (χ3v) is 4.99. The lowest BCUT2D eigenvalue weighted by Crippen LogP contribution is -2.31. The molecule has 1 saturated heterocycles. The fraction of sp³-hybridized carbons (Fsp3) is 0.533. The maximum Gasteiger partial charge on any atom is 0.253 e. The molecule has 1 amide bonds. The monoisotopic (exact) mass is 310 g/mol. The Hall–Kier alpha value is -1.56. The second kappa shape index (κ2) is 6.93. The van der Waals surface area contributed by atoms with Crippen molar-refractivity contribution in [3.05, 3.63) is 29.8 Å². The van der Waals surface area contributed by atoms with Crippen LogP contribution in [0.4, 0.5) is 5.69 Å². The van der Waals surface area contributed by atoms with Crippen molar-refractivity contribution in [2.45, 2.75) is 32.6 Å². The fourth-order valence-electron chi connectivity index (χ4n) is 2.39. The van der Waals surface area contributed by atoms with E-state index in [1.807, 2.05) is 4.90 Å². The van der Waals surface area contributed by atoms with Crippen molar-refractivity contribution < 1.29 is 13.2 Å². The molecule has 21 heavy (non-hydrogen) atoms. The summed E-state index contributed by atoms with van der Waals surface area (Å²) in [6.07, 6.45) is 4.48. The molecule has 0 aromatic heterocycles. The smallest absolute Gasteiger partial charge is 0.253 e. The van der Waals surface area contributed by atoms with Crippen LogP contribution in [0.3, 0.4) is 0 Å². The average Bonchev–Trinajstić information content (AvgIpc) is 2.76. The number of amides is 1. The molecule has 5 nitrogen and oxygen atoms in total. The highest BCUT2D eigenvalue weighted by Gasteiger charge is 2.17. The van der Waals surface area contributed by atoms with Gasteiger partial charge >= 0.3 is 0 Å². The van der Waals surface area contributed by atoms with Gasteiger partial charge in [-0.15, -0.1) is 0 Å². The molecule has 2 rings (SSSR count). The zero-order valence-electron chi connectivity index (χ0n) is 12.3. The van der Waals surface area contributed by atoms with Gasteiger partial charge in [0.15, 0.2) is 0 Å². The molecule has 0 unspecified atom stereocenters. The number of sulfonamides is 1. The van der Waals surface area contributed by atoms with Crippen LogP contribution >= 0.6 is 0 Å². The summed E-state index contributed by atoms with van der Waals surface area (Å²) < 4.78 is 25.4. The molecule has 0 saturated carbocycles. The Morgan fingerprint density at radius 2 is 1.67 bits per heavy atom. The molecule has 1 aromatic rings. The first-order valence-electron chi connectivity index (χ1n) is 7.41. The van der Waals surface area contributed by atoms with Crippen molar-refractivity contribution >= 4 is 21.6 Å². The molecular formula is C15H22N2O3S. The molecule has 1 fully saturated rings. The minimum Gasteiger partial charge on any atom is -0.339 e. The minimum absolute atomic E-state index is 0.0292. The Balaban J connectivity index is 2.05. The predicted octanol–water partition coefficient (Wildman–Crippen LogP) is 2.46. The Morgan fingerprint density at radius 1 is 1.10 bits per heavy atom. The number of rotatable bonds is 4. The van der Waals surface area contributed by atoms with Gasteiger partial charge in [-0.25, -0.2) is 8.42 Å². The first kappa shape index (κ1) is 15.8. The maximum atomic E-state index is 12.4. The van der Waals surface area contributed by atoms with Crippen molar-refractivity contribution in [1.82, 2.24) is 4.90 Å². The summed E-state index contributed by atoms with van der Waals surface area (Å²) in [5, 5.41) is 0. The summed E-state index contributed by atoms with van der Waals surface area (Å²) in [4.78, 5) is 14.3. The van der Waals surface area contributed by atoms with Gasteiger partial charge in [0.25, 0.3) is 5.91 Å². The minimum atomic E-state index is -3.28. The number of hydrogen-bond donors (Lipinski definition) is 1. The van der Waals surface area contributed by atoms with Crippen LogP contribution in [0.25, 0.3) is 0 Å². The first-order valence-corrected chi connectivity index (χ1v) is 9.07. The number of benzene rings is 1. The van der Waals surface area contributed by atoms with Gasteiger partial charge in [0.2, 0.25) is 10.0 Å². The van der Waals surface area contributed by atoms with E-state index in [1.165, 1.54) is 12.8 Å². The molecule has 1 heterocycles. The molecule has 0 atom stereocenters. The van der Waals surface area contributed by atoms with E-state index in [4.69, 9.17) is 0 Å². The van der Waals surface area contributed by atoms with Gasteiger partial charge in [-0.1, -0.05) is 12.8 Å². The highest BCUT2D eigenvalue weighted by atomic mass is 32.2. The fourth-order valence-corrected chi connectivity index (χ4v) is 3.03. The van der Waals surface area contributed by atoms with E-state index < -0.39 is 10.0 Å². The molecule has 0 aliphatic carbocycles. The van der Waals surface area contributed by atoms with Gasteiger partial charge in [0.05, 0.1) is 5.75 Å². The standard InChI is InChI=1S/C15H22N2O3S/c1-2-21(19,20)16-14-9-7-13(8-10-14)15(18)17-11-5-3-4-6-12-17/h7-10,16H,2-6,11-12H2,1H3. The normalized spacial score (nSPS) is 16.3. The Morgan fingerprint density at radius 3 is 2.19 bits per heavy atom. The number of nitrogens with one attached hydrogen (secondary N) is 1.